The number of amides is 3. The number of rotatable bonds is 2. The molecule has 0 aliphatic carbocycles. The summed E-state index contributed by atoms with van der Waals surface area (Å²) >= 11 is 0. The molecule has 2 aliphatic heterocycles. The quantitative estimate of drug-likeness (QED) is 0.733. The zero-order valence-corrected chi connectivity index (χ0v) is 16.1. The maximum Gasteiger partial charge on any atom is 0.410 e. The number of carbonyl (C=O) groups is 2. The van der Waals surface area contributed by atoms with Gasteiger partial charge in [-0.1, -0.05) is 6.07 Å². The fraction of sp³-hybridized carbons (Fsp3) is 0.579. The number of fused-ring (bicyclic) bond motifs is 1. The monoisotopic (exact) mass is 376 g/mol. The summed E-state index contributed by atoms with van der Waals surface area (Å²) in [4.78, 5) is 26.4. The van der Waals surface area contributed by atoms with Crippen LogP contribution < -0.4 is 21.1 Å². The molecule has 4 N–H and O–H groups in total. The largest absolute Gasteiger partial charge is 0.493 e. The van der Waals surface area contributed by atoms with Crippen molar-refractivity contribution in [2.45, 2.75) is 51.3 Å². The van der Waals surface area contributed by atoms with Crippen LogP contribution in [0.15, 0.2) is 18.2 Å². The van der Waals surface area contributed by atoms with Crippen molar-refractivity contribution in [3.8, 4) is 5.75 Å². The summed E-state index contributed by atoms with van der Waals surface area (Å²) < 4.78 is 10.9. The number of nitrogens with zero attached hydrogens (tertiary/aromatic N) is 1. The minimum atomic E-state index is -0.563. The number of nitrogens with one attached hydrogen (secondary N) is 2. The fourth-order valence-corrected chi connectivity index (χ4v) is 3.28. The van der Waals surface area contributed by atoms with Crippen LogP contribution in [0.4, 0.5) is 15.3 Å². The Morgan fingerprint density at radius 3 is 2.85 bits per heavy atom. The highest BCUT2D eigenvalue weighted by atomic mass is 16.6. The molecule has 3 rings (SSSR count). The summed E-state index contributed by atoms with van der Waals surface area (Å²) in [5.41, 5.74) is 7.32. The third-order valence-corrected chi connectivity index (χ3v) is 4.63. The lowest BCUT2D eigenvalue weighted by Crippen LogP contribution is -2.60. The van der Waals surface area contributed by atoms with Crippen molar-refractivity contribution >= 4 is 17.8 Å². The molecule has 1 aromatic rings. The Morgan fingerprint density at radius 2 is 2.11 bits per heavy atom. The predicted molar refractivity (Wildman–Crippen MR) is 102 cm³/mol. The second kappa shape index (κ2) is 7.64. The van der Waals surface area contributed by atoms with Gasteiger partial charge < -0.3 is 30.7 Å². The number of ether oxygens (including phenoxy) is 2. The average Bonchev–Trinajstić information content (AvgIpc) is 3.05. The number of likely N-dealkylation sites (tertiary alicyclic amines) is 1. The lowest BCUT2D eigenvalue weighted by atomic mass is 10.0. The molecule has 3 amide bonds. The van der Waals surface area contributed by atoms with Gasteiger partial charge in [-0.15, -0.1) is 0 Å². The topological polar surface area (TPSA) is 106 Å². The predicted octanol–water partition coefficient (Wildman–Crippen LogP) is 2.08. The zero-order valence-electron chi connectivity index (χ0n) is 16.1. The molecule has 1 saturated heterocycles. The van der Waals surface area contributed by atoms with E-state index in [0.717, 1.165) is 23.4 Å². The summed E-state index contributed by atoms with van der Waals surface area (Å²) in [6, 6.07) is 4.67. The van der Waals surface area contributed by atoms with E-state index in [1.807, 2.05) is 39.0 Å². The van der Waals surface area contributed by atoms with Gasteiger partial charge in [0.15, 0.2) is 0 Å². The van der Waals surface area contributed by atoms with Gasteiger partial charge in [-0.05, 0) is 39.3 Å². The lowest BCUT2D eigenvalue weighted by Gasteiger charge is -2.37. The van der Waals surface area contributed by atoms with Crippen molar-refractivity contribution in [1.82, 2.24) is 10.2 Å². The van der Waals surface area contributed by atoms with Crippen molar-refractivity contribution in [2.75, 3.05) is 25.0 Å². The Bertz CT molecular complexity index is 716. The van der Waals surface area contributed by atoms with Gasteiger partial charge in [0.25, 0.3) is 0 Å². The van der Waals surface area contributed by atoms with Crippen molar-refractivity contribution in [1.29, 1.82) is 0 Å². The minimum absolute atomic E-state index is 0.223. The van der Waals surface area contributed by atoms with Crippen molar-refractivity contribution in [3.05, 3.63) is 23.8 Å². The Labute approximate surface area is 159 Å². The van der Waals surface area contributed by atoms with Crippen LogP contribution in [0, 0.1) is 0 Å². The van der Waals surface area contributed by atoms with Crippen LogP contribution in [0.3, 0.4) is 0 Å². The summed E-state index contributed by atoms with van der Waals surface area (Å²) in [6.45, 7) is 6.93. The van der Waals surface area contributed by atoms with Crippen LogP contribution in [0.2, 0.25) is 0 Å². The molecular weight excluding hydrogens is 348 g/mol. The molecule has 0 bridgehead atoms. The van der Waals surface area contributed by atoms with E-state index in [2.05, 4.69) is 10.6 Å². The zero-order chi connectivity index (χ0) is 19.6. The first-order chi connectivity index (χ1) is 12.7. The average molecular weight is 376 g/mol. The first kappa shape index (κ1) is 19.3. The van der Waals surface area contributed by atoms with E-state index in [4.69, 9.17) is 15.2 Å². The van der Waals surface area contributed by atoms with E-state index in [1.165, 1.54) is 0 Å². The normalized spacial score (nSPS) is 21.9. The molecule has 2 aliphatic rings. The molecule has 0 aromatic heterocycles. The van der Waals surface area contributed by atoms with Gasteiger partial charge >= 0.3 is 12.1 Å². The lowest BCUT2D eigenvalue weighted by molar-refractivity contribution is 0.0178. The minimum Gasteiger partial charge on any atom is -0.493 e. The number of piperidine rings is 1. The van der Waals surface area contributed by atoms with E-state index >= 15 is 0 Å². The van der Waals surface area contributed by atoms with Gasteiger partial charge in [0.05, 0.1) is 12.6 Å². The highest BCUT2D eigenvalue weighted by molar-refractivity contribution is 5.91. The molecule has 0 saturated carbocycles. The number of anilines is 1. The number of nitrogens with two attached hydrogens (primary N) is 1. The molecule has 2 heterocycles. The smallest absolute Gasteiger partial charge is 0.410 e. The van der Waals surface area contributed by atoms with Gasteiger partial charge in [0, 0.05) is 36.8 Å². The van der Waals surface area contributed by atoms with Crippen LogP contribution in [0.5, 0.6) is 5.75 Å². The molecule has 1 fully saturated rings. The highest BCUT2D eigenvalue weighted by Gasteiger charge is 2.32. The summed E-state index contributed by atoms with van der Waals surface area (Å²) in [5, 5.41) is 5.76. The van der Waals surface area contributed by atoms with Crippen LogP contribution in [0.25, 0.3) is 0 Å². The summed E-state index contributed by atoms with van der Waals surface area (Å²) in [6.07, 6.45) is 0.972. The number of hydrogen-bond donors (Lipinski definition) is 3. The molecule has 148 valence electrons. The molecule has 1 aromatic carbocycles. The Morgan fingerprint density at radius 1 is 1.33 bits per heavy atom. The van der Waals surface area contributed by atoms with Crippen LogP contribution in [-0.4, -0.2) is 54.4 Å². The Balaban J connectivity index is 1.59. The molecular formula is C19H28N4O4. The number of urea groups is 1. The van der Waals surface area contributed by atoms with Crippen LogP contribution in [0.1, 0.15) is 32.8 Å². The fourth-order valence-electron chi connectivity index (χ4n) is 3.28. The van der Waals surface area contributed by atoms with E-state index in [1.54, 1.807) is 4.90 Å². The highest BCUT2D eigenvalue weighted by Crippen LogP contribution is 2.31. The van der Waals surface area contributed by atoms with Gasteiger partial charge in [0.2, 0.25) is 0 Å². The van der Waals surface area contributed by atoms with Crippen LogP contribution in [-0.2, 0) is 11.2 Å². The molecule has 8 heteroatoms. The molecule has 27 heavy (non-hydrogen) atoms. The van der Waals surface area contributed by atoms with Crippen molar-refractivity contribution < 1.29 is 19.1 Å². The maximum atomic E-state index is 12.5. The first-order valence-corrected chi connectivity index (χ1v) is 9.28. The summed E-state index contributed by atoms with van der Waals surface area (Å²) in [5.74, 6) is 0.804. The van der Waals surface area contributed by atoms with E-state index in [-0.39, 0.29) is 24.2 Å². The van der Waals surface area contributed by atoms with Gasteiger partial charge in [-0.25, -0.2) is 9.59 Å². The van der Waals surface area contributed by atoms with Crippen molar-refractivity contribution in [3.63, 3.8) is 0 Å². The maximum absolute atomic E-state index is 12.5. The molecule has 0 unspecified atom stereocenters. The molecule has 0 spiro atoms. The Hall–Kier alpha value is -2.48. The third kappa shape index (κ3) is 4.82. The first-order valence-electron chi connectivity index (χ1n) is 9.28. The van der Waals surface area contributed by atoms with Gasteiger partial charge in [0.1, 0.15) is 11.4 Å². The molecule has 8 nitrogen and oxygen atoms in total. The van der Waals surface area contributed by atoms with E-state index < -0.39 is 5.60 Å². The number of carbonyl (C=O) groups excluding carboxylic acids is 2. The Kier molecular flexibility index (Phi) is 5.46. The standard InChI is InChI=1S/C19H28N4O4/c1-19(2,3)27-18(25)23-9-7-13(20)15(11-23)22-17(24)21-14-5-4-6-16-12(14)8-10-26-16/h4-6,13,15H,7-11,20H2,1-3H3,(H2,21,22,24)/t13-,15+/m0/s1. The molecule has 0 radical (unpaired) electrons. The summed E-state index contributed by atoms with van der Waals surface area (Å²) in [7, 11) is 0. The van der Waals surface area contributed by atoms with Gasteiger partial charge in [-0.3, -0.25) is 0 Å². The second-order valence-electron chi connectivity index (χ2n) is 7.96. The van der Waals surface area contributed by atoms with Gasteiger partial charge in [-0.2, -0.15) is 0 Å². The third-order valence-electron chi connectivity index (χ3n) is 4.63. The van der Waals surface area contributed by atoms with Crippen LogP contribution >= 0.6 is 0 Å². The number of benzene rings is 1. The SMILES string of the molecule is CC(C)(C)OC(=O)N1CC[C@H](N)[C@H](NC(=O)Nc2cccc3c2CCO3)C1. The van der Waals surface area contributed by atoms with E-state index in [9.17, 15) is 9.59 Å². The van der Waals surface area contributed by atoms with E-state index in [0.29, 0.717) is 26.1 Å². The number of hydrogen-bond acceptors (Lipinski definition) is 5. The van der Waals surface area contributed by atoms with Crippen molar-refractivity contribution in [2.24, 2.45) is 5.73 Å². The second-order valence-corrected chi connectivity index (χ2v) is 7.96. The molecule has 2 atom stereocenters.